The Balaban J connectivity index is 2.87. The van der Waals surface area contributed by atoms with Crippen LogP contribution in [0.25, 0.3) is 0 Å². The smallest absolute Gasteiger partial charge is 0.243 e. The molecule has 0 saturated heterocycles. The highest BCUT2D eigenvalue weighted by Crippen LogP contribution is 2.12. The van der Waals surface area contributed by atoms with E-state index in [0.29, 0.717) is 12.2 Å². The van der Waals surface area contributed by atoms with Gasteiger partial charge in [-0.2, -0.15) is 5.26 Å². The number of nitrogens with one attached hydrogen (secondary N) is 1. The van der Waals surface area contributed by atoms with E-state index in [4.69, 9.17) is 5.26 Å². The van der Waals surface area contributed by atoms with E-state index >= 15 is 0 Å². The maximum absolute atomic E-state index is 12.1. The van der Waals surface area contributed by atoms with Crippen molar-refractivity contribution in [1.82, 2.24) is 9.71 Å². The van der Waals surface area contributed by atoms with Crippen molar-refractivity contribution >= 4 is 20.8 Å². The van der Waals surface area contributed by atoms with Gasteiger partial charge in [-0.25, -0.2) is 18.1 Å². The van der Waals surface area contributed by atoms with Gasteiger partial charge in [0.25, 0.3) is 0 Å². The predicted molar refractivity (Wildman–Crippen MR) is 72.3 cm³/mol. The monoisotopic (exact) mass is 301 g/mol. The Morgan fingerprint density at radius 2 is 2.26 bits per heavy atom. The van der Waals surface area contributed by atoms with Crippen LogP contribution >= 0.6 is 0 Å². The minimum absolute atomic E-state index is 0.137. The Hall–Kier alpha value is -1.30. The largest absolute Gasteiger partial charge is 0.260 e. The summed E-state index contributed by atoms with van der Waals surface area (Å²) in [7, 11) is -4.75. The fourth-order valence-electron chi connectivity index (χ4n) is 1.42. The summed E-state index contributed by atoms with van der Waals surface area (Å²) in [5.41, 5.74) is -0.138. The number of nitrogens with zero attached hydrogens (tertiary/aromatic N) is 2. The van der Waals surface area contributed by atoms with Crippen LogP contribution in [0.1, 0.15) is 19.0 Å². The molecule has 0 aliphatic heterocycles. The van der Waals surface area contributed by atoms with Crippen LogP contribution in [0.2, 0.25) is 0 Å². The van der Waals surface area contributed by atoms with Gasteiger partial charge in [-0.3, -0.25) is 4.21 Å². The molecule has 8 heteroatoms. The molecule has 1 aromatic rings. The summed E-state index contributed by atoms with van der Waals surface area (Å²) >= 11 is 0. The first-order chi connectivity index (χ1) is 8.86. The van der Waals surface area contributed by atoms with Crippen LogP contribution in [0.5, 0.6) is 0 Å². The fraction of sp³-hybridized carbons (Fsp3) is 0.455. The van der Waals surface area contributed by atoms with Gasteiger partial charge in [-0.15, -0.1) is 0 Å². The number of hydrogen-bond acceptors (Lipinski definition) is 5. The van der Waals surface area contributed by atoms with Gasteiger partial charge >= 0.3 is 0 Å². The molecule has 0 aromatic carbocycles. The molecule has 0 aliphatic carbocycles. The summed E-state index contributed by atoms with van der Waals surface area (Å²) < 4.78 is 37.6. The van der Waals surface area contributed by atoms with Gasteiger partial charge in [-0.1, -0.05) is 0 Å². The second kappa shape index (κ2) is 6.75. The van der Waals surface area contributed by atoms with Crippen molar-refractivity contribution in [2.45, 2.75) is 24.3 Å². The van der Waals surface area contributed by atoms with Crippen molar-refractivity contribution in [1.29, 1.82) is 5.26 Å². The molecule has 0 saturated carbocycles. The van der Waals surface area contributed by atoms with Crippen molar-refractivity contribution in [2.75, 3.05) is 12.0 Å². The number of nitriles is 1. The van der Waals surface area contributed by atoms with E-state index in [1.54, 1.807) is 19.2 Å². The van der Waals surface area contributed by atoms with Crippen molar-refractivity contribution in [2.24, 2.45) is 0 Å². The van der Waals surface area contributed by atoms with Crippen molar-refractivity contribution < 1.29 is 12.6 Å². The van der Waals surface area contributed by atoms with Crippen LogP contribution in [0.4, 0.5) is 0 Å². The van der Waals surface area contributed by atoms with Gasteiger partial charge in [0.1, 0.15) is 11.0 Å². The summed E-state index contributed by atoms with van der Waals surface area (Å²) in [6, 6.07) is 4.18. The number of rotatable bonds is 6. The third-order valence-corrected chi connectivity index (χ3v) is 4.79. The van der Waals surface area contributed by atoms with E-state index in [0.717, 1.165) is 0 Å². The first-order valence-corrected chi connectivity index (χ1v) is 8.75. The molecule has 104 valence electrons. The van der Waals surface area contributed by atoms with Crippen LogP contribution in [0, 0.1) is 11.3 Å². The zero-order valence-corrected chi connectivity index (χ0v) is 12.3. The molecule has 2 atom stereocenters. The highest BCUT2D eigenvalue weighted by Gasteiger charge is 2.21. The van der Waals surface area contributed by atoms with Crippen LogP contribution in [0.15, 0.2) is 23.2 Å². The third-order valence-electron chi connectivity index (χ3n) is 2.36. The lowest BCUT2D eigenvalue weighted by Gasteiger charge is -2.13. The number of aromatic nitrogens is 1. The zero-order chi connectivity index (χ0) is 14.5. The molecule has 1 aromatic heterocycles. The minimum atomic E-state index is -3.78. The maximum atomic E-state index is 12.1. The summed E-state index contributed by atoms with van der Waals surface area (Å²) in [5.74, 6) is 0.418. The molecule has 0 fully saturated rings. The molecular formula is C11H15N3O3S2. The second-order valence-electron chi connectivity index (χ2n) is 4.05. The Labute approximate surface area is 115 Å². The lowest BCUT2D eigenvalue weighted by Crippen LogP contribution is -2.34. The fourth-order valence-corrected chi connectivity index (χ4v) is 3.49. The molecule has 0 bridgehead atoms. The van der Waals surface area contributed by atoms with Gasteiger partial charge in [0.15, 0.2) is 5.69 Å². The normalized spacial score (nSPS) is 14.6. The third kappa shape index (κ3) is 4.70. The minimum Gasteiger partial charge on any atom is -0.260 e. The maximum Gasteiger partial charge on any atom is 0.243 e. The van der Waals surface area contributed by atoms with Crippen molar-refractivity contribution in [3.8, 4) is 6.07 Å². The number of pyridine rings is 1. The molecule has 1 rings (SSSR count). The van der Waals surface area contributed by atoms with Crippen LogP contribution in [0.3, 0.4) is 0 Å². The molecule has 1 N–H and O–H groups in total. The second-order valence-corrected chi connectivity index (χ2v) is 7.29. The van der Waals surface area contributed by atoms with Crippen molar-refractivity contribution in [3.63, 3.8) is 0 Å². The topological polar surface area (TPSA) is 99.9 Å². The molecule has 6 nitrogen and oxygen atoms in total. The molecule has 1 heterocycles. The molecule has 19 heavy (non-hydrogen) atoms. The predicted octanol–water partition coefficient (Wildman–Crippen LogP) is 0.389. The Bertz CT molecular complexity index is 608. The van der Waals surface area contributed by atoms with Gasteiger partial charge < -0.3 is 0 Å². The lowest BCUT2D eigenvalue weighted by atomic mass is 10.3. The van der Waals surface area contributed by atoms with E-state index < -0.39 is 20.8 Å². The van der Waals surface area contributed by atoms with Crippen molar-refractivity contribution in [3.05, 3.63) is 24.0 Å². The highest BCUT2D eigenvalue weighted by atomic mass is 32.2. The van der Waals surface area contributed by atoms with E-state index in [2.05, 4.69) is 9.71 Å². The van der Waals surface area contributed by atoms with E-state index in [1.807, 2.05) is 0 Å². The lowest BCUT2D eigenvalue weighted by molar-refractivity contribution is 0.555. The average Bonchev–Trinajstić information content (AvgIpc) is 2.35. The molecule has 2 unspecified atom stereocenters. The SMILES string of the molecule is CC(CCS(C)=O)NS(=O)(=O)c1cccnc1C#N. The molecule has 0 aliphatic rings. The zero-order valence-electron chi connectivity index (χ0n) is 10.7. The van der Waals surface area contributed by atoms with E-state index in [-0.39, 0.29) is 16.6 Å². The summed E-state index contributed by atoms with van der Waals surface area (Å²) in [4.78, 5) is 3.58. The first kappa shape index (κ1) is 15.8. The molecule has 0 spiro atoms. The van der Waals surface area contributed by atoms with E-state index in [9.17, 15) is 12.6 Å². The number of sulfonamides is 1. The highest BCUT2D eigenvalue weighted by molar-refractivity contribution is 7.89. The van der Waals surface area contributed by atoms with Crippen LogP contribution in [-0.4, -0.2) is 35.7 Å². The van der Waals surface area contributed by atoms with Gasteiger partial charge in [0.05, 0.1) is 0 Å². The standard InChI is InChI=1S/C11H15N3O3S2/c1-9(5-7-18(2)15)14-19(16,17)11-4-3-6-13-10(11)8-12/h3-4,6,9,14H,5,7H2,1-2H3. The quantitative estimate of drug-likeness (QED) is 0.819. The Kier molecular flexibility index (Phi) is 5.60. The average molecular weight is 301 g/mol. The Morgan fingerprint density at radius 3 is 2.84 bits per heavy atom. The molecule has 0 radical (unpaired) electrons. The first-order valence-electron chi connectivity index (χ1n) is 5.54. The van der Waals surface area contributed by atoms with Gasteiger partial charge in [-0.05, 0) is 25.5 Å². The molecule has 0 amide bonds. The summed E-state index contributed by atoms with van der Waals surface area (Å²) in [6.07, 6.45) is 3.39. The van der Waals surface area contributed by atoms with Gasteiger partial charge in [0, 0.05) is 35.0 Å². The Morgan fingerprint density at radius 1 is 1.58 bits per heavy atom. The van der Waals surface area contributed by atoms with Crippen LogP contribution in [-0.2, 0) is 20.8 Å². The summed E-state index contributed by atoms with van der Waals surface area (Å²) in [6.45, 7) is 1.69. The number of hydrogen-bond donors (Lipinski definition) is 1. The van der Waals surface area contributed by atoms with Crippen LogP contribution < -0.4 is 4.72 Å². The molecular weight excluding hydrogens is 286 g/mol. The van der Waals surface area contributed by atoms with Gasteiger partial charge in [0.2, 0.25) is 10.0 Å². The van der Waals surface area contributed by atoms with E-state index in [1.165, 1.54) is 18.3 Å². The summed E-state index contributed by atoms with van der Waals surface area (Å²) in [5, 5.41) is 8.85.